The number of rotatable bonds is 6. The van der Waals surface area contributed by atoms with Crippen LogP contribution in [0.3, 0.4) is 0 Å². The van der Waals surface area contributed by atoms with Crippen molar-refractivity contribution < 1.29 is 9.53 Å². The van der Waals surface area contributed by atoms with Crippen molar-refractivity contribution >= 4 is 23.4 Å². The van der Waals surface area contributed by atoms with E-state index in [1.807, 2.05) is 13.1 Å². The Morgan fingerprint density at radius 2 is 2.20 bits per heavy atom. The highest BCUT2D eigenvalue weighted by Gasteiger charge is 2.25. The lowest BCUT2D eigenvalue weighted by atomic mass is 10.2. The third-order valence-corrected chi connectivity index (χ3v) is 4.28. The molecular weight excluding hydrogens is 320 g/mol. The molecule has 25 heavy (non-hydrogen) atoms. The van der Waals surface area contributed by atoms with E-state index in [9.17, 15) is 4.79 Å². The van der Waals surface area contributed by atoms with Crippen LogP contribution in [0.2, 0.25) is 0 Å². The molecule has 1 aliphatic rings. The highest BCUT2D eigenvalue weighted by molar-refractivity contribution is 5.89. The van der Waals surface area contributed by atoms with E-state index in [2.05, 4.69) is 35.2 Å². The van der Waals surface area contributed by atoms with Gasteiger partial charge in [0.1, 0.15) is 23.8 Å². The summed E-state index contributed by atoms with van der Waals surface area (Å²) in [4.78, 5) is 26.6. The minimum absolute atomic E-state index is 0.335. The average Bonchev–Trinajstić information content (AvgIpc) is 3.15. The van der Waals surface area contributed by atoms with E-state index in [4.69, 9.17) is 0 Å². The maximum atomic E-state index is 11.4. The first kappa shape index (κ1) is 16.9. The first-order valence-corrected chi connectivity index (χ1v) is 8.26. The van der Waals surface area contributed by atoms with Crippen molar-refractivity contribution in [1.29, 1.82) is 0 Å². The summed E-state index contributed by atoms with van der Waals surface area (Å²) >= 11 is 0. The second-order valence-corrected chi connectivity index (χ2v) is 5.81. The normalized spacial score (nSPS) is 16.6. The van der Waals surface area contributed by atoms with Crippen LogP contribution in [0, 0.1) is 0 Å². The lowest BCUT2D eigenvalue weighted by Gasteiger charge is -2.26. The fourth-order valence-corrected chi connectivity index (χ4v) is 2.95. The van der Waals surface area contributed by atoms with Gasteiger partial charge in [0.05, 0.1) is 12.7 Å². The number of nitrogens with zero attached hydrogens (tertiary/aromatic N) is 4. The minimum Gasteiger partial charge on any atom is -0.465 e. The quantitative estimate of drug-likeness (QED) is 0.768. The molecule has 0 amide bonds. The third kappa shape index (κ3) is 3.96. The zero-order chi connectivity index (χ0) is 17.6. The van der Waals surface area contributed by atoms with Crippen molar-refractivity contribution in [1.82, 2.24) is 15.0 Å². The zero-order valence-electron chi connectivity index (χ0n) is 14.4. The van der Waals surface area contributed by atoms with Crippen LogP contribution < -0.4 is 15.5 Å². The van der Waals surface area contributed by atoms with Gasteiger partial charge in [0.15, 0.2) is 0 Å². The van der Waals surface area contributed by atoms with Crippen molar-refractivity contribution in [3.05, 3.63) is 36.3 Å². The van der Waals surface area contributed by atoms with Crippen LogP contribution >= 0.6 is 0 Å². The molecule has 2 aromatic heterocycles. The summed E-state index contributed by atoms with van der Waals surface area (Å²) in [6.07, 6.45) is 5.31. The number of anilines is 3. The Morgan fingerprint density at radius 1 is 1.32 bits per heavy atom. The van der Waals surface area contributed by atoms with Gasteiger partial charge in [-0.05, 0) is 25.0 Å². The SMILES string of the molecule is CNc1cc(N2CCCC2CNc2ccc(C(=O)OC)cn2)ncn1. The molecule has 1 fully saturated rings. The topological polar surface area (TPSA) is 92.3 Å². The molecule has 2 N–H and O–H groups in total. The van der Waals surface area contributed by atoms with Crippen LogP contribution in [0.1, 0.15) is 23.2 Å². The smallest absolute Gasteiger partial charge is 0.339 e. The summed E-state index contributed by atoms with van der Waals surface area (Å²) < 4.78 is 4.68. The molecule has 132 valence electrons. The lowest BCUT2D eigenvalue weighted by molar-refractivity contribution is 0.0600. The van der Waals surface area contributed by atoms with Crippen LogP contribution in [-0.2, 0) is 4.74 Å². The maximum Gasteiger partial charge on any atom is 0.339 e. The number of hydrogen-bond donors (Lipinski definition) is 2. The Morgan fingerprint density at radius 3 is 2.92 bits per heavy atom. The number of nitrogens with one attached hydrogen (secondary N) is 2. The summed E-state index contributed by atoms with van der Waals surface area (Å²) in [7, 11) is 3.20. The first-order valence-electron chi connectivity index (χ1n) is 8.26. The van der Waals surface area contributed by atoms with Gasteiger partial charge in [-0.3, -0.25) is 0 Å². The van der Waals surface area contributed by atoms with Crippen molar-refractivity contribution in [3.8, 4) is 0 Å². The molecule has 0 aliphatic carbocycles. The molecule has 0 radical (unpaired) electrons. The molecule has 3 rings (SSSR count). The third-order valence-electron chi connectivity index (χ3n) is 4.28. The number of carbonyl (C=O) groups is 1. The number of pyridine rings is 1. The predicted molar refractivity (Wildman–Crippen MR) is 96.0 cm³/mol. The Bertz CT molecular complexity index is 721. The van der Waals surface area contributed by atoms with E-state index in [0.717, 1.165) is 43.4 Å². The van der Waals surface area contributed by atoms with Gasteiger partial charge in [0, 0.05) is 38.4 Å². The molecule has 3 heterocycles. The molecule has 8 heteroatoms. The van der Waals surface area contributed by atoms with Crippen LogP contribution in [0.15, 0.2) is 30.7 Å². The van der Waals surface area contributed by atoms with E-state index < -0.39 is 0 Å². The monoisotopic (exact) mass is 342 g/mol. The van der Waals surface area contributed by atoms with Crippen molar-refractivity contribution in [3.63, 3.8) is 0 Å². The molecule has 1 aliphatic heterocycles. The number of methoxy groups -OCH3 is 1. The van der Waals surface area contributed by atoms with Crippen LogP contribution in [0.5, 0.6) is 0 Å². The average molecular weight is 342 g/mol. The number of aromatic nitrogens is 3. The van der Waals surface area contributed by atoms with E-state index in [1.54, 1.807) is 18.5 Å². The van der Waals surface area contributed by atoms with Crippen LogP contribution in [0.25, 0.3) is 0 Å². The van der Waals surface area contributed by atoms with E-state index in [1.165, 1.54) is 13.3 Å². The number of ether oxygens (including phenoxy) is 1. The molecular formula is C17H22N6O2. The van der Waals surface area contributed by atoms with Gasteiger partial charge >= 0.3 is 5.97 Å². The predicted octanol–water partition coefficient (Wildman–Crippen LogP) is 1.78. The summed E-state index contributed by atoms with van der Waals surface area (Å²) in [5.41, 5.74) is 0.441. The standard InChI is InChI=1S/C17H22N6O2/c1-18-15-8-16(22-11-21-15)23-7-3-4-13(23)10-20-14-6-5-12(9-19-14)17(24)25-2/h5-6,8-9,11,13H,3-4,7,10H2,1-2H3,(H,19,20)(H,18,21,22). The van der Waals surface area contributed by atoms with Gasteiger partial charge < -0.3 is 20.3 Å². The van der Waals surface area contributed by atoms with Gasteiger partial charge in [-0.2, -0.15) is 0 Å². The Labute approximate surface area is 146 Å². The van der Waals surface area contributed by atoms with Crippen molar-refractivity contribution in [2.45, 2.75) is 18.9 Å². The fraction of sp³-hybridized carbons (Fsp3) is 0.412. The number of esters is 1. The van der Waals surface area contributed by atoms with Crippen LogP contribution in [-0.4, -0.2) is 54.2 Å². The zero-order valence-corrected chi connectivity index (χ0v) is 14.4. The van der Waals surface area contributed by atoms with Crippen molar-refractivity contribution in [2.24, 2.45) is 0 Å². The fourth-order valence-electron chi connectivity index (χ4n) is 2.95. The first-order chi connectivity index (χ1) is 12.2. The Kier molecular flexibility index (Phi) is 5.27. The Hall–Kier alpha value is -2.90. The molecule has 0 spiro atoms. The molecule has 0 aromatic carbocycles. The van der Waals surface area contributed by atoms with E-state index in [0.29, 0.717) is 11.6 Å². The largest absolute Gasteiger partial charge is 0.465 e. The van der Waals surface area contributed by atoms with Gasteiger partial charge in [-0.25, -0.2) is 19.7 Å². The van der Waals surface area contributed by atoms with Crippen molar-refractivity contribution in [2.75, 3.05) is 42.8 Å². The van der Waals surface area contributed by atoms with Gasteiger partial charge in [-0.1, -0.05) is 0 Å². The molecule has 0 saturated carbocycles. The van der Waals surface area contributed by atoms with Crippen LogP contribution in [0.4, 0.5) is 17.5 Å². The summed E-state index contributed by atoms with van der Waals surface area (Å²) in [5.74, 6) is 2.09. The second kappa shape index (κ2) is 7.78. The van der Waals surface area contributed by atoms with E-state index in [-0.39, 0.29) is 5.97 Å². The lowest BCUT2D eigenvalue weighted by Crippen LogP contribution is -2.35. The van der Waals surface area contributed by atoms with Gasteiger partial charge in [0.2, 0.25) is 0 Å². The molecule has 1 saturated heterocycles. The molecule has 2 aromatic rings. The number of carbonyl (C=O) groups excluding carboxylic acids is 1. The summed E-state index contributed by atoms with van der Waals surface area (Å²) in [6.45, 7) is 1.73. The Balaban J connectivity index is 1.62. The summed E-state index contributed by atoms with van der Waals surface area (Å²) in [6, 6.07) is 5.79. The molecule has 1 atom stereocenters. The highest BCUT2D eigenvalue weighted by atomic mass is 16.5. The molecule has 8 nitrogen and oxygen atoms in total. The number of hydrogen-bond acceptors (Lipinski definition) is 8. The van der Waals surface area contributed by atoms with E-state index >= 15 is 0 Å². The van der Waals surface area contributed by atoms with Gasteiger partial charge in [-0.15, -0.1) is 0 Å². The highest BCUT2D eigenvalue weighted by Crippen LogP contribution is 2.25. The molecule has 1 unspecified atom stereocenters. The summed E-state index contributed by atoms with van der Waals surface area (Å²) in [5, 5.41) is 6.38. The van der Waals surface area contributed by atoms with Gasteiger partial charge in [0.25, 0.3) is 0 Å². The second-order valence-electron chi connectivity index (χ2n) is 5.81. The maximum absolute atomic E-state index is 11.4. The minimum atomic E-state index is -0.384. The molecule has 0 bridgehead atoms.